The van der Waals surface area contributed by atoms with Crippen LogP contribution in [-0.4, -0.2) is 80.6 Å². The molecule has 2 aliphatic rings. The predicted octanol–water partition coefficient (Wildman–Crippen LogP) is 2.59. The van der Waals surface area contributed by atoms with Gasteiger partial charge in [-0.05, 0) is 58.8 Å². The first-order valence-electron chi connectivity index (χ1n) is 12.0. The van der Waals surface area contributed by atoms with Gasteiger partial charge in [0.1, 0.15) is 5.60 Å². The Morgan fingerprint density at radius 3 is 2.48 bits per heavy atom. The van der Waals surface area contributed by atoms with E-state index in [0.717, 1.165) is 58.2 Å². The molecule has 3 N–H and O–H groups in total. The number of hydrogen-bond acceptors (Lipinski definition) is 5. The lowest BCUT2D eigenvalue weighted by Crippen LogP contribution is -2.50. The number of likely N-dealkylation sites (tertiary alicyclic amines) is 1. The number of aliphatic imine (C=N–C) groups is 1. The average molecular weight is 440 g/mol. The van der Waals surface area contributed by atoms with E-state index >= 15 is 0 Å². The van der Waals surface area contributed by atoms with Crippen molar-refractivity contribution in [2.45, 2.75) is 78.5 Å². The number of piperidine rings is 1. The van der Waals surface area contributed by atoms with Gasteiger partial charge in [0, 0.05) is 38.8 Å². The van der Waals surface area contributed by atoms with Crippen molar-refractivity contribution >= 4 is 12.1 Å². The van der Waals surface area contributed by atoms with Gasteiger partial charge in [0.05, 0.1) is 19.2 Å². The van der Waals surface area contributed by atoms with E-state index in [1.165, 1.54) is 6.42 Å². The molecule has 0 aliphatic carbocycles. The third-order valence-corrected chi connectivity index (χ3v) is 5.77. The van der Waals surface area contributed by atoms with Crippen LogP contribution < -0.4 is 16.0 Å². The second kappa shape index (κ2) is 12.5. The summed E-state index contributed by atoms with van der Waals surface area (Å²) in [6, 6.07) is 0.339. The van der Waals surface area contributed by atoms with Crippen LogP contribution in [0, 0.1) is 11.8 Å². The molecule has 2 saturated heterocycles. The highest BCUT2D eigenvalue weighted by molar-refractivity contribution is 5.80. The zero-order valence-electron chi connectivity index (χ0n) is 20.5. The monoisotopic (exact) mass is 439 g/mol. The number of carbonyl (C=O) groups is 1. The van der Waals surface area contributed by atoms with Crippen LogP contribution in [0.25, 0.3) is 0 Å². The Kier molecular flexibility index (Phi) is 10.4. The Labute approximate surface area is 188 Å². The molecule has 2 atom stereocenters. The molecule has 0 aromatic heterocycles. The van der Waals surface area contributed by atoms with Crippen molar-refractivity contribution in [3.05, 3.63) is 0 Å². The normalized spacial score (nSPS) is 22.4. The molecule has 1 amide bonds. The van der Waals surface area contributed by atoms with Gasteiger partial charge in [0.15, 0.2) is 5.96 Å². The lowest BCUT2D eigenvalue weighted by atomic mass is 10.0. The fourth-order valence-corrected chi connectivity index (χ4v) is 3.94. The van der Waals surface area contributed by atoms with Gasteiger partial charge in [-0.25, -0.2) is 4.79 Å². The summed E-state index contributed by atoms with van der Waals surface area (Å²) in [4.78, 5) is 19.5. The molecule has 2 rings (SSSR count). The van der Waals surface area contributed by atoms with Gasteiger partial charge >= 0.3 is 6.09 Å². The van der Waals surface area contributed by atoms with Gasteiger partial charge in [-0.3, -0.25) is 4.99 Å². The van der Waals surface area contributed by atoms with Crippen molar-refractivity contribution in [1.29, 1.82) is 0 Å². The standard InChI is InChI=1S/C23H45N5O3/c1-7-24-21(25-14-20(17(2)3)27-22(29)31-23(4,5)6)26-19-8-11-28(12-9-19)15-18-10-13-30-16-18/h17-20H,7-16H2,1-6H3,(H,27,29)(H2,24,25,26). The summed E-state index contributed by atoms with van der Waals surface area (Å²) in [7, 11) is 0. The Hall–Kier alpha value is -1.54. The fourth-order valence-electron chi connectivity index (χ4n) is 3.94. The van der Waals surface area contributed by atoms with Crippen LogP contribution in [0.3, 0.4) is 0 Å². The van der Waals surface area contributed by atoms with Crippen LogP contribution in [0.1, 0.15) is 60.8 Å². The molecule has 2 fully saturated rings. The summed E-state index contributed by atoms with van der Waals surface area (Å²) in [6.45, 7) is 18.4. The van der Waals surface area contributed by atoms with Crippen LogP contribution in [0.5, 0.6) is 0 Å². The summed E-state index contributed by atoms with van der Waals surface area (Å²) in [5, 5.41) is 9.92. The molecule has 8 heteroatoms. The zero-order valence-corrected chi connectivity index (χ0v) is 20.5. The second-order valence-corrected chi connectivity index (χ2v) is 10.2. The molecule has 2 heterocycles. The summed E-state index contributed by atoms with van der Waals surface area (Å²) < 4.78 is 10.9. The SMILES string of the molecule is CCNC(=NCC(NC(=O)OC(C)(C)C)C(C)C)NC1CCN(CC2CCOC2)CC1. The van der Waals surface area contributed by atoms with E-state index in [9.17, 15) is 4.79 Å². The van der Waals surface area contributed by atoms with Gasteiger partial charge in [-0.2, -0.15) is 0 Å². The smallest absolute Gasteiger partial charge is 0.407 e. The molecule has 0 spiro atoms. The van der Waals surface area contributed by atoms with Gasteiger partial charge < -0.3 is 30.3 Å². The largest absolute Gasteiger partial charge is 0.444 e. The first-order chi connectivity index (χ1) is 14.7. The number of guanidine groups is 1. The van der Waals surface area contributed by atoms with E-state index in [-0.39, 0.29) is 18.1 Å². The fraction of sp³-hybridized carbons (Fsp3) is 0.913. The molecule has 0 bridgehead atoms. The molecule has 2 unspecified atom stereocenters. The molecule has 8 nitrogen and oxygen atoms in total. The van der Waals surface area contributed by atoms with Crippen LogP contribution >= 0.6 is 0 Å². The maximum Gasteiger partial charge on any atom is 0.407 e. The van der Waals surface area contributed by atoms with Crippen LogP contribution in [0.4, 0.5) is 4.79 Å². The second-order valence-electron chi connectivity index (χ2n) is 10.2. The van der Waals surface area contributed by atoms with E-state index in [2.05, 4.69) is 41.6 Å². The Morgan fingerprint density at radius 1 is 1.23 bits per heavy atom. The molecule has 180 valence electrons. The number of nitrogens with one attached hydrogen (secondary N) is 3. The van der Waals surface area contributed by atoms with Gasteiger partial charge in [-0.1, -0.05) is 13.8 Å². The molecule has 31 heavy (non-hydrogen) atoms. The van der Waals surface area contributed by atoms with Crippen molar-refractivity contribution in [2.75, 3.05) is 45.9 Å². The quantitative estimate of drug-likeness (QED) is 0.398. The Balaban J connectivity index is 1.83. The minimum absolute atomic E-state index is 0.0826. The van der Waals surface area contributed by atoms with Crippen molar-refractivity contribution in [3.8, 4) is 0 Å². The highest BCUT2D eigenvalue weighted by Crippen LogP contribution is 2.17. The van der Waals surface area contributed by atoms with Crippen molar-refractivity contribution in [3.63, 3.8) is 0 Å². The highest BCUT2D eigenvalue weighted by Gasteiger charge is 2.25. The number of alkyl carbamates (subject to hydrolysis) is 1. The molecule has 0 aromatic rings. The highest BCUT2D eigenvalue weighted by atomic mass is 16.6. The van der Waals surface area contributed by atoms with Crippen molar-refractivity contribution in [1.82, 2.24) is 20.9 Å². The molecular formula is C23H45N5O3. The maximum atomic E-state index is 12.2. The lowest BCUT2D eigenvalue weighted by Gasteiger charge is -2.34. The molecule has 0 aromatic carbocycles. The topological polar surface area (TPSA) is 87.2 Å². The number of carbonyl (C=O) groups excluding carboxylic acids is 1. The summed E-state index contributed by atoms with van der Waals surface area (Å²) in [5.74, 6) is 1.78. The van der Waals surface area contributed by atoms with E-state index in [1.54, 1.807) is 0 Å². The van der Waals surface area contributed by atoms with E-state index in [0.29, 0.717) is 18.5 Å². The van der Waals surface area contributed by atoms with Gasteiger partial charge in [-0.15, -0.1) is 0 Å². The number of nitrogens with zero attached hydrogens (tertiary/aromatic N) is 2. The number of ether oxygens (including phenoxy) is 2. The van der Waals surface area contributed by atoms with Crippen molar-refractivity contribution in [2.24, 2.45) is 16.8 Å². The predicted molar refractivity (Wildman–Crippen MR) is 125 cm³/mol. The lowest BCUT2D eigenvalue weighted by molar-refractivity contribution is 0.0493. The number of rotatable bonds is 8. The Morgan fingerprint density at radius 2 is 1.94 bits per heavy atom. The summed E-state index contributed by atoms with van der Waals surface area (Å²) in [6.07, 6.45) is 3.03. The molecule has 2 aliphatic heterocycles. The van der Waals surface area contributed by atoms with E-state index in [4.69, 9.17) is 14.5 Å². The third kappa shape index (κ3) is 10.1. The van der Waals surface area contributed by atoms with Gasteiger partial charge in [0.25, 0.3) is 0 Å². The molecule has 0 radical (unpaired) electrons. The van der Waals surface area contributed by atoms with Crippen molar-refractivity contribution < 1.29 is 14.3 Å². The van der Waals surface area contributed by atoms with Crippen LogP contribution in [0.15, 0.2) is 4.99 Å². The van der Waals surface area contributed by atoms with Crippen LogP contribution in [0.2, 0.25) is 0 Å². The molecular weight excluding hydrogens is 394 g/mol. The third-order valence-electron chi connectivity index (χ3n) is 5.77. The van der Waals surface area contributed by atoms with E-state index in [1.807, 2.05) is 20.8 Å². The summed E-state index contributed by atoms with van der Waals surface area (Å²) >= 11 is 0. The zero-order chi connectivity index (χ0) is 22.9. The minimum atomic E-state index is -0.509. The van der Waals surface area contributed by atoms with E-state index < -0.39 is 5.60 Å². The Bertz CT molecular complexity index is 562. The maximum absolute atomic E-state index is 12.2. The van der Waals surface area contributed by atoms with Gasteiger partial charge in [0.2, 0.25) is 0 Å². The first kappa shape index (κ1) is 25.7. The average Bonchev–Trinajstić information content (AvgIpc) is 3.18. The summed E-state index contributed by atoms with van der Waals surface area (Å²) in [5.41, 5.74) is -0.509. The first-order valence-corrected chi connectivity index (χ1v) is 12.0. The number of amides is 1. The number of hydrogen-bond donors (Lipinski definition) is 3. The van der Waals surface area contributed by atoms with Crippen LogP contribution in [-0.2, 0) is 9.47 Å². The minimum Gasteiger partial charge on any atom is -0.444 e. The molecule has 0 saturated carbocycles.